The third kappa shape index (κ3) is 4.15. The van der Waals surface area contributed by atoms with Gasteiger partial charge >= 0.3 is 0 Å². The van der Waals surface area contributed by atoms with E-state index in [1.165, 1.54) is 6.42 Å². The van der Waals surface area contributed by atoms with Crippen molar-refractivity contribution in [2.45, 2.75) is 19.3 Å². The molecule has 1 amide bonds. The van der Waals surface area contributed by atoms with Crippen LogP contribution >= 0.6 is 0 Å². The van der Waals surface area contributed by atoms with Crippen LogP contribution in [-0.4, -0.2) is 30.5 Å². The number of aryl methyl sites for hydroxylation is 1. The third-order valence-electron chi connectivity index (χ3n) is 3.11. The molecule has 4 nitrogen and oxygen atoms in total. The summed E-state index contributed by atoms with van der Waals surface area (Å²) < 4.78 is 0. The molecule has 2 rings (SSSR count). The zero-order valence-electron chi connectivity index (χ0n) is 9.98. The first-order valence-electron chi connectivity index (χ1n) is 6.21. The Hall–Kier alpha value is -1.42. The highest BCUT2D eigenvalue weighted by atomic mass is 16.1. The fourth-order valence-electron chi connectivity index (χ4n) is 2.04. The Balaban J connectivity index is 1.64. The predicted octanol–water partition coefficient (Wildman–Crippen LogP) is 0.740. The number of rotatable bonds is 5. The zero-order chi connectivity index (χ0) is 11.9. The molecule has 1 fully saturated rings. The Morgan fingerprint density at radius 2 is 2.53 bits per heavy atom. The van der Waals surface area contributed by atoms with Crippen LogP contribution in [0.1, 0.15) is 18.4 Å². The van der Waals surface area contributed by atoms with Gasteiger partial charge in [0.05, 0.1) is 0 Å². The maximum Gasteiger partial charge on any atom is 0.220 e. The summed E-state index contributed by atoms with van der Waals surface area (Å²) in [6.45, 7) is 2.91. The van der Waals surface area contributed by atoms with Crippen molar-refractivity contribution >= 4 is 5.91 Å². The quantitative estimate of drug-likeness (QED) is 0.788. The second kappa shape index (κ2) is 6.35. The molecule has 0 saturated carbocycles. The highest BCUT2D eigenvalue weighted by molar-refractivity contribution is 5.76. The first kappa shape index (κ1) is 12.0. The Kier molecular flexibility index (Phi) is 4.50. The molecular formula is C13H19N3O. The smallest absolute Gasteiger partial charge is 0.220 e. The van der Waals surface area contributed by atoms with E-state index in [2.05, 4.69) is 15.6 Å². The SMILES string of the molecule is O=C(CCc1cccnc1)NCC1CCNC1. The van der Waals surface area contributed by atoms with Crippen LogP contribution in [0, 0.1) is 5.92 Å². The maximum absolute atomic E-state index is 11.6. The van der Waals surface area contributed by atoms with E-state index in [1.807, 2.05) is 18.3 Å². The molecule has 1 aliphatic rings. The van der Waals surface area contributed by atoms with Crippen LogP contribution in [0.15, 0.2) is 24.5 Å². The van der Waals surface area contributed by atoms with Gasteiger partial charge in [0, 0.05) is 25.4 Å². The number of carbonyl (C=O) groups excluding carboxylic acids is 1. The van der Waals surface area contributed by atoms with Crippen LogP contribution in [0.5, 0.6) is 0 Å². The van der Waals surface area contributed by atoms with Gasteiger partial charge < -0.3 is 10.6 Å². The number of pyridine rings is 1. The minimum absolute atomic E-state index is 0.140. The minimum atomic E-state index is 0.140. The van der Waals surface area contributed by atoms with Gasteiger partial charge in [-0.05, 0) is 43.5 Å². The molecule has 1 unspecified atom stereocenters. The average Bonchev–Trinajstić information content (AvgIpc) is 2.88. The molecule has 4 heteroatoms. The topological polar surface area (TPSA) is 54.0 Å². The summed E-state index contributed by atoms with van der Waals surface area (Å²) in [5, 5.41) is 6.29. The molecule has 1 aliphatic heterocycles. The van der Waals surface area contributed by atoms with Gasteiger partial charge in [-0.3, -0.25) is 9.78 Å². The number of nitrogens with one attached hydrogen (secondary N) is 2. The van der Waals surface area contributed by atoms with E-state index < -0.39 is 0 Å². The van der Waals surface area contributed by atoms with Crippen molar-refractivity contribution in [2.75, 3.05) is 19.6 Å². The molecule has 1 aromatic heterocycles. The van der Waals surface area contributed by atoms with E-state index in [0.29, 0.717) is 12.3 Å². The van der Waals surface area contributed by atoms with Crippen molar-refractivity contribution in [1.29, 1.82) is 0 Å². The number of hydrogen-bond acceptors (Lipinski definition) is 3. The van der Waals surface area contributed by atoms with E-state index in [-0.39, 0.29) is 5.91 Å². The molecule has 2 N–H and O–H groups in total. The van der Waals surface area contributed by atoms with Crippen LogP contribution in [0.2, 0.25) is 0 Å². The predicted molar refractivity (Wildman–Crippen MR) is 66.5 cm³/mol. The molecule has 1 atom stereocenters. The average molecular weight is 233 g/mol. The summed E-state index contributed by atoms with van der Waals surface area (Å²) in [6, 6.07) is 3.90. The lowest BCUT2D eigenvalue weighted by Crippen LogP contribution is -2.30. The number of aromatic nitrogens is 1. The molecule has 0 radical (unpaired) electrons. The van der Waals surface area contributed by atoms with Crippen LogP contribution in [-0.2, 0) is 11.2 Å². The Labute approximate surface area is 102 Å². The van der Waals surface area contributed by atoms with Crippen molar-refractivity contribution in [3.63, 3.8) is 0 Å². The third-order valence-corrected chi connectivity index (χ3v) is 3.11. The monoisotopic (exact) mass is 233 g/mol. The second-order valence-corrected chi connectivity index (χ2v) is 4.52. The maximum atomic E-state index is 11.6. The number of nitrogens with zero attached hydrogens (tertiary/aromatic N) is 1. The molecular weight excluding hydrogens is 214 g/mol. The molecule has 0 aromatic carbocycles. The van der Waals surface area contributed by atoms with Crippen LogP contribution in [0.4, 0.5) is 0 Å². The largest absolute Gasteiger partial charge is 0.356 e. The van der Waals surface area contributed by atoms with Gasteiger partial charge in [-0.2, -0.15) is 0 Å². The van der Waals surface area contributed by atoms with Gasteiger partial charge in [0.2, 0.25) is 5.91 Å². The molecule has 92 valence electrons. The molecule has 2 heterocycles. The fraction of sp³-hybridized carbons (Fsp3) is 0.538. The Bertz CT molecular complexity index is 347. The van der Waals surface area contributed by atoms with Gasteiger partial charge in [-0.25, -0.2) is 0 Å². The normalized spacial score (nSPS) is 19.2. The second-order valence-electron chi connectivity index (χ2n) is 4.52. The molecule has 0 spiro atoms. The van der Waals surface area contributed by atoms with Crippen molar-refractivity contribution in [3.05, 3.63) is 30.1 Å². The van der Waals surface area contributed by atoms with Crippen molar-refractivity contribution in [3.8, 4) is 0 Å². The lowest BCUT2D eigenvalue weighted by Gasteiger charge is -2.09. The van der Waals surface area contributed by atoms with Crippen LogP contribution in [0.3, 0.4) is 0 Å². The van der Waals surface area contributed by atoms with Gasteiger partial charge in [0.1, 0.15) is 0 Å². The molecule has 17 heavy (non-hydrogen) atoms. The molecule has 0 aliphatic carbocycles. The summed E-state index contributed by atoms with van der Waals surface area (Å²) in [5.74, 6) is 0.748. The number of carbonyl (C=O) groups is 1. The highest BCUT2D eigenvalue weighted by Crippen LogP contribution is 2.05. The van der Waals surface area contributed by atoms with E-state index >= 15 is 0 Å². The van der Waals surface area contributed by atoms with Crippen molar-refractivity contribution in [1.82, 2.24) is 15.6 Å². The Morgan fingerprint density at radius 1 is 1.59 bits per heavy atom. The summed E-state index contributed by atoms with van der Waals surface area (Å²) in [7, 11) is 0. The van der Waals surface area contributed by atoms with Crippen molar-refractivity contribution in [2.24, 2.45) is 5.92 Å². The van der Waals surface area contributed by atoms with Crippen LogP contribution < -0.4 is 10.6 Å². The summed E-state index contributed by atoms with van der Waals surface area (Å²) in [5.41, 5.74) is 1.12. The molecule has 1 aromatic rings. The number of hydrogen-bond donors (Lipinski definition) is 2. The van der Waals surface area contributed by atoms with Gasteiger partial charge in [0.15, 0.2) is 0 Å². The van der Waals surface area contributed by atoms with Gasteiger partial charge in [0.25, 0.3) is 0 Å². The first-order chi connectivity index (χ1) is 8.34. The lowest BCUT2D eigenvalue weighted by molar-refractivity contribution is -0.121. The molecule has 0 bridgehead atoms. The van der Waals surface area contributed by atoms with E-state index in [9.17, 15) is 4.79 Å². The lowest BCUT2D eigenvalue weighted by atomic mass is 10.1. The first-order valence-corrected chi connectivity index (χ1v) is 6.21. The highest BCUT2D eigenvalue weighted by Gasteiger charge is 2.14. The van der Waals surface area contributed by atoms with Crippen molar-refractivity contribution < 1.29 is 4.79 Å². The molecule has 1 saturated heterocycles. The number of amides is 1. The van der Waals surface area contributed by atoms with E-state index in [0.717, 1.165) is 31.6 Å². The standard InChI is InChI=1S/C13H19N3O/c17-13(16-10-12-5-7-15-9-12)4-3-11-2-1-6-14-8-11/h1-2,6,8,12,15H,3-5,7,9-10H2,(H,16,17). The van der Waals surface area contributed by atoms with Gasteiger partial charge in [-0.1, -0.05) is 6.07 Å². The van der Waals surface area contributed by atoms with E-state index in [1.54, 1.807) is 6.20 Å². The summed E-state index contributed by atoms with van der Waals surface area (Å²) in [4.78, 5) is 15.7. The minimum Gasteiger partial charge on any atom is -0.356 e. The summed E-state index contributed by atoms with van der Waals surface area (Å²) >= 11 is 0. The fourth-order valence-corrected chi connectivity index (χ4v) is 2.04. The van der Waals surface area contributed by atoms with Gasteiger partial charge in [-0.15, -0.1) is 0 Å². The van der Waals surface area contributed by atoms with Crippen LogP contribution in [0.25, 0.3) is 0 Å². The Morgan fingerprint density at radius 3 is 3.24 bits per heavy atom. The zero-order valence-corrected chi connectivity index (χ0v) is 9.98. The summed E-state index contributed by atoms with van der Waals surface area (Å²) in [6.07, 6.45) is 6.04. The van der Waals surface area contributed by atoms with E-state index in [4.69, 9.17) is 0 Å².